The van der Waals surface area contributed by atoms with Gasteiger partial charge in [0.15, 0.2) is 0 Å². The SMILES string of the molecule is COC1(c2ccc(C(=O)O)cn2)CCC=C1c1ccc2c(c1)C(C)(C)CCC2(C)C. The second kappa shape index (κ2) is 7.05. The molecule has 1 aromatic heterocycles. The Morgan fingerprint density at radius 2 is 1.70 bits per heavy atom. The highest BCUT2D eigenvalue weighted by molar-refractivity contribution is 5.87. The molecule has 2 aromatic rings. The summed E-state index contributed by atoms with van der Waals surface area (Å²) in [5.74, 6) is -0.970. The van der Waals surface area contributed by atoms with Crippen molar-refractivity contribution in [2.75, 3.05) is 7.11 Å². The van der Waals surface area contributed by atoms with E-state index >= 15 is 0 Å². The number of aromatic carboxylic acids is 1. The summed E-state index contributed by atoms with van der Waals surface area (Å²) in [5, 5.41) is 9.21. The van der Waals surface area contributed by atoms with Crippen molar-refractivity contribution >= 4 is 11.5 Å². The monoisotopic (exact) mass is 405 g/mol. The van der Waals surface area contributed by atoms with Gasteiger partial charge in [0, 0.05) is 13.3 Å². The number of hydrogen-bond donors (Lipinski definition) is 1. The molecule has 0 amide bonds. The van der Waals surface area contributed by atoms with Crippen LogP contribution in [0.2, 0.25) is 0 Å². The van der Waals surface area contributed by atoms with Crippen molar-refractivity contribution in [1.82, 2.24) is 4.98 Å². The molecule has 0 saturated carbocycles. The molecule has 0 radical (unpaired) electrons. The van der Waals surface area contributed by atoms with Crippen LogP contribution in [0.1, 0.15) is 86.1 Å². The molecule has 0 bridgehead atoms. The van der Waals surface area contributed by atoms with Gasteiger partial charge in [-0.1, -0.05) is 52.0 Å². The van der Waals surface area contributed by atoms with E-state index in [1.807, 2.05) is 0 Å². The van der Waals surface area contributed by atoms with Gasteiger partial charge in [0.25, 0.3) is 0 Å². The molecule has 1 atom stereocenters. The number of hydrogen-bond acceptors (Lipinski definition) is 3. The third-order valence-corrected chi connectivity index (χ3v) is 7.22. The molecule has 1 heterocycles. The van der Waals surface area contributed by atoms with Crippen molar-refractivity contribution in [2.24, 2.45) is 0 Å². The van der Waals surface area contributed by atoms with Gasteiger partial charge in [-0.3, -0.25) is 4.98 Å². The summed E-state index contributed by atoms with van der Waals surface area (Å²) in [6, 6.07) is 10.3. The van der Waals surface area contributed by atoms with E-state index in [2.05, 4.69) is 57.0 Å². The number of nitrogens with zero attached hydrogens (tertiary/aromatic N) is 1. The molecule has 4 nitrogen and oxygen atoms in total. The van der Waals surface area contributed by atoms with Gasteiger partial charge in [0.1, 0.15) is 5.60 Å². The summed E-state index contributed by atoms with van der Waals surface area (Å²) >= 11 is 0. The number of rotatable bonds is 4. The van der Waals surface area contributed by atoms with Crippen molar-refractivity contribution in [3.63, 3.8) is 0 Å². The number of aromatic nitrogens is 1. The van der Waals surface area contributed by atoms with Gasteiger partial charge < -0.3 is 9.84 Å². The zero-order valence-electron chi connectivity index (χ0n) is 18.6. The van der Waals surface area contributed by atoms with E-state index < -0.39 is 11.6 Å². The summed E-state index contributed by atoms with van der Waals surface area (Å²) in [7, 11) is 1.72. The molecular formula is C26H31NO3. The third-order valence-electron chi connectivity index (χ3n) is 7.22. The largest absolute Gasteiger partial charge is 0.478 e. The van der Waals surface area contributed by atoms with Crippen molar-refractivity contribution in [3.05, 3.63) is 70.6 Å². The Morgan fingerprint density at radius 1 is 1.00 bits per heavy atom. The van der Waals surface area contributed by atoms with E-state index in [4.69, 9.17) is 4.74 Å². The molecule has 4 rings (SSSR count). The second-order valence-corrected chi connectivity index (χ2v) is 9.95. The van der Waals surface area contributed by atoms with E-state index in [1.165, 1.54) is 35.7 Å². The average molecular weight is 406 g/mol. The van der Waals surface area contributed by atoms with Crippen LogP contribution < -0.4 is 0 Å². The number of allylic oxidation sites excluding steroid dienone is 1. The Kier molecular flexibility index (Phi) is 4.89. The maximum atomic E-state index is 11.2. The molecule has 2 aliphatic rings. The lowest BCUT2D eigenvalue weighted by Crippen LogP contribution is -2.34. The first-order chi connectivity index (χ1) is 14.1. The smallest absolute Gasteiger partial charge is 0.337 e. The van der Waals surface area contributed by atoms with Gasteiger partial charge in [-0.2, -0.15) is 0 Å². The Bertz CT molecular complexity index is 1020. The highest BCUT2D eigenvalue weighted by Crippen LogP contribution is 2.50. The number of carboxylic acids is 1. The van der Waals surface area contributed by atoms with Crippen LogP contribution in [-0.4, -0.2) is 23.2 Å². The number of fused-ring (bicyclic) bond motifs is 1. The van der Waals surface area contributed by atoms with Crippen LogP contribution in [0.3, 0.4) is 0 Å². The lowest BCUT2D eigenvalue weighted by atomic mass is 9.62. The molecule has 30 heavy (non-hydrogen) atoms. The third kappa shape index (κ3) is 3.18. The Labute approximate surface area is 179 Å². The maximum absolute atomic E-state index is 11.2. The van der Waals surface area contributed by atoms with Crippen molar-refractivity contribution in [1.29, 1.82) is 0 Å². The predicted molar refractivity (Wildman–Crippen MR) is 119 cm³/mol. The normalized spacial score (nSPS) is 24.2. The maximum Gasteiger partial charge on any atom is 0.337 e. The molecule has 0 spiro atoms. The predicted octanol–water partition coefficient (Wildman–Crippen LogP) is 5.85. The van der Waals surface area contributed by atoms with E-state index in [9.17, 15) is 9.90 Å². The topological polar surface area (TPSA) is 59.4 Å². The molecule has 0 saturated heterocycles. The second-order valence-electron chi connectivity index (χ2n) is 9.95. The number of benzene rings is 1. The lowest BCUT2D eigenvalue weighted by molar-refractivity contribution is 0.0340. The van der Waals surface area contributed by atoms with E-state index in [0.717, 1.165) is 24.1 Å². The van der Waals surface area contributed by atoms with Gasteiger partial charge in [0.2, 0.25) is 0 Å². The number of ether oxygens (including phenoxy) is 1. The molecule has 0 fully saturated rings. The number of pyridine rings is 1. The van der Waals surface area contributed by atoms with Crippen molar-refractivity contribution in [3.8, 4) is 0 Å². The minimum absolute atomic E-state index is 0.136. The molecule has 4 heteroatoms. The fourth-order valence-electron chi connectivity index (χ4n) is 5.17. The van der Waals surface area contributed by atoms with Crippen LogP contribution in [-0.2, 0) is 21.2 Å². The first-order valence-electron chi connectivity index (χ1n) is 10.7. The zero-order valence-corrected chi connectivity index (χ0v) is 18.6. The first-order valence-corrected chi connectivity index (χ1v) is 10.7. The van der Waals surface area contributed by atoms with Crippen LogP contribution >= 0.6 is 0 Å². The van der Waals surface area contributed by atoms with Crippen LogP contribution in [0.5, 0.6) is 0 Å². The molecule has 1 aromatic carbocycles. The minimum Gasteiger partial charge on any atom is -0.478 e. The summed E-state index contributed by atoms with van der Waals surface area (Å²) < 4.78 is 6.11. The van der Waals surface area contributed by atoms with E-state index in [1.54, 1.807) is 19.2 Å². The first kappa shape index (κ1) is 20.8. The minimum atomic E-state index is -0.970. The van der Waals surface area contributed by atoms with Crippen LogP contribution in [0.4, 0.5) is 0 Å². The van der Waals surface area contributed by atoms with Gasteiger partial charge in [0.05, 0.1) is 11.3 Å². The Hall–Kier alpha value is -2.46. The fourth-order valence-corrected chi connectivity index (χ4v) is 5.17. The van der Waals surface area contributed by atoms with Gasteiger partial charge in [-0.15, -0.1) is 0 Å². The van der Waals surface area contributed by atoms with Crippen molar-refractivity contribution in [2.45, 2.75) is 69.8 Å². The van der Waals surface area contributed by atoms with Crippen LogP contribution in [0.15, 0.2) is 42.6 Å². The Balaban J connectivity index is 1.81. The lowest BCUT2D eigenvalue weighted by Gasteiger charge is -2.42. The van der Waals surface area contributed by atoms with Crippen LogP contribution in [0.25, 0.3) is 5.57 Å². The Morgan fingerprint density at radius 3 is 2.30 bits per heavy atom. The van der Waals surface area contributed by atoms with Crippen LogP contribution in [0, 0.1) is 0 Å². The fraction of sp³-hybridized carbons (Fsp3) is 0.462. The van der Waals surface area contributed by atoms with Gasteiger partial charge in [-0.05, 0) is 70.9 Å². The highest BCUT2D eigenvalue weighted by Gasteiger charge is 2.43. The van der Waals surface area contributed by atoms with Gasteiger partial charge in [-0.25, -0.2) is 4.79 Å². The number of carboxylic acid groups (broad SMARTS) is 1. The molecule has 1 unspecified atom stereocenters. The summed E-state index contributed by atoms with van der Waals surface area (Å²) in [6.45, 7) is 9.35. The van der Waals surface area contributed by atoms with E-state index in [0.29, 0.717) is 0 Å². The molecule has 1 N–H and O–H groups in total. The number of carbonyl (C=O) groups is 1. The summed E-state index contributed by atoms with van der Waals surface area (Å²) in [4.78, 5) is 15.7. The molecule has 158 valence electrons. The highest BCUT2D eigenvalue weighted by atomic mass is 16.5. The van der Waals surface area contributed by atoms with Crippen molar-refractivity contribution < 1.29 is 14.6 Å². The number of methoxy groups -OCH3 is 1. The van der Waals surface area contributed by atoms with E-state index in [-0.39, 0.29) is 16.4 Å². The molecule has 2 aliphatic carbocycles. The van der Waals surface area contributed by atoms with Gasteiger partial charge >= 0.3 is 5.97 Å². The summed E-state index contributed by atoms with van der Waals surface area (Å²) in [5.41, 5.74) is 5.76. The molecular weight excluding hydrogens is 374 g/mol. The standard InChI is InChI=1S/C26H31NO3/c1-24(2)13-14-25(3,4)21-15-17(8-10-20(21)24)19-7-6-12-26(19,30-5)22-11-9-18(16-27-22)23(28)29/h7-11,15-16H,6,12-14H2,1-5H3,(H,28,29). The average Bonchev–Trinajstić information content (AvgIpc) is 3.16. The molecule has 0 aliphatic heterocycles. The quantitative estimate of drug-likeness (QED) is 0.693. The summed E-state index contributed by atoms with van der Waals surface area (Å²) in [6.07, 6.45) is 7.73. The zero-order chi connectivity index (χ0) is 21.7.